The van der Waals surface area contributed by atoms with Crippen molar-refractivity contribution in [3.8, 4) is 67.3 Å². The van der Waals surface area contributed by atoms with Crippen LogP contribution < -0.4 is 0 Å². The molecule has 0 saturated heterocycles. The SMILES string of the molecule is CC(C)(C)c1ccc(-c2cc(-c3ccc4c(-c5cc(-c6ccc(C(C)(C)C)cc6)c(C(F)(F)F)c(-c6ccccc6)n5)cccc4c3)nc(-c3ccccc3)c2C(F)(F)F)cc1. The van der Waals surface area contributed by atoms with Crippen LogP contribution in [0.1, 0.15) is 63.8 Å². The summed E-state index contributed by atoms with van der Waals surface area (Å²) in [5, 5.41) is 1.41. The number of benzene rings is 6. The topological polar surface area (TPSA) is 25.8 Å². The van der Waals surface area contributed by atoms with Crippen molar-refractivity contribution < 1.29 is 26.3 Å². The maximum atomic E-state index is 15.3. The van der Waals surface area contributed by atoms with Crippen molar-refractivity contribution in [2.24, 2.45) is 0 Å². The molecule has 0 aliphatic heterocycles. The summed E-state index contributed by atoms with van der Waals surface area (Å²) in [6, 6.07) is 45.0. The lowest BCUT2D eigenvalue weighted by Crippen LogP contribution is -2.13. The lowest BCUT2D eigenvalue weighted by Gasteiger charge is -2.22. The molecule has 0 aliphatic carbocycles. The number of aromatic nitrogens is 2. The first-order valence-corrected chi connectivity index (χ1v) is 20.4. The second kappa shape index (κ2) is 15.7. The van der Waals surface area contributed by atoms with E-state index in [1.807, 2.05) is 90.1 Å². The van der Waals surface area contributed by atoms with Gasteiger partial charge < -0.3 is 0 Å². The molecule has 0 N–H and O–H groups in total. The second-order valence-electron chi connectivity index (χ2n) is 17.7. The van der Waals surface area contributed by atoms with E-state index < -0.39 is 23.5 Å². The fourth-order valence-electron chi connectivity index (χ4n) is 7.98. The van der Waals surface area contributed by atoms with Gasteiger partial charge in [-0.2, -0.15) is 26.3 Å². The van der Waals surface area contributed by atoms with Crippen molar-refractivity contribution in [3.05, 3.63) is 180 Å². The number of rotatable bonds is 6. The number of hydrogen-bond donors (Lipinski definition) is 0. The van der Waals surface area contributed by atoms with Crippen molar-refractivity contribution in [1.82, 2.24) is 9.97 Å². The predicted molar refractivity (Wildman–Crippen MR) is 240 cm³/mol. The van der Waals surface area contributed by atoms with E-state index in [1.54, 1.807) is 97.1 Å². The molecule has 0 radical (unpaired) electrons. The summed E-state index contributed by atoms with van der Waals surface area (Å²) in [6.45, 7) is 12.3. The molecule has 0 unspecified atom stereocenters. The minimum atomic E-state index is -4.73. The quantitative estimate of drug-likeness (QED) is 0.156. The molecular weight excluding hydrogens is 791 g/mol. The van der Waals surface area contributed by atoms with E-state index in [0.29, 0.717) is 55.5 Å². The molecule has 8 rings (SSSR count). The van der Waals surface area contributed by atoms with Crippen LogP contribution in [0.25, 0.3) is 78.1 Å². The van der Waals surface area contributed by atoms with E-state index in [-0.39, 0.29) is 33.3 Å². The third-order valence-electron chi connectivity index (χ3n) is 11.3. The van der Waals surface area contributed by atoms with E-state index in [1.165, 1.54) is 12.1 Å². The molecule has 0 aliphatic rings. The second-order valence-corrected chi connectivity index (χ2v) is 17.7. The molecule has 2 nitrogen and oxygen atoms in total. The van der Waals surface area contributed by atoms with Crippen molar-refractivity contribution >= 4 is 10.8 Å². The van der Waals surface area contributed by atoms with Gasteiger partial charge in [0.25, 0.3) is 0 Å². The molecule has 312 valence electrons. The van der Waals surface area contributed by atoms with Crippen LogP contribution in [0.5, 0.6) is 0 Å². The van der Waals surface area contributed by atoms with Crippen LogP contribution in [0.2, 0.25) is 0 Å². The zero-order valence-corrected chi connectivity index (χ0v) is 35.2. The number of hydrogen-bond acceptors (Lipinski definition) is 2. The molecule has 0 bridgehead atoms. The van der Waals surface area contributed by atoms with E-state index in [2.05, 4.69) is 0 Å². The highest BCUT2D eigenvalue weighted by molar-refractivity contribution is 5.99. The summed E-state index contributed by atoms with van der Waals surface area (Å²) in [4.78, 5) is 9.47. The van der Waals surface area contributed by atoms with Crippen LogP contribution in [-0.2, 0) is 23.2 Å². The average molecular weight is 835 g/mol. The van der Waals surface area contributed by atoms with Crippen molar-refractivity contribution in [2.45, 2.75) is 64.7 Å². The largest absolute Gasteiger partial charge is 0.419 e. The molecule has 0 atom stereocenters. The number of alkyl halides is 6. The molecule has 62 heavy (non-hydrogen) atoms. The highest BCUT2D eigenvalue weighted by Crippen LogP contribution is 2.47. The van der Waals surface area contributed by atoms with Gasteiger partial charge in [-0.1, -0.05) is 181 Å². The third-order valence-corrected chi connectivity index (χ3v) is 11.3. The molecule has 6 aromatic carbocycles. The Morgan fingerprint density at radius 3 is 1.21 bits per heavy atom. The van der Waals surface area contributed by atoms with E-state index in [0.717, 1.165) is 11.1 Å². The van der Waals surface area contributed by atoms with Gasteiger partial charge in [0.05, 0.1) is 33.9 Å². The number of halogens is 6. The molecular formula is C54H44F6N2. The third kappa shape index (κ3) is 8.39. The minimum Gasteiger partial charge on any atom is -0.247 e. The number of nitrogens with zero attached hydrogens (tertiary/aromatic N) is 2. The van der Waals surface area contributed by atoms with Gasteiger partial charge in [-0.15, -0.1) is 0 Å². The first kappa shape index (κ1) is 42.2. The van der Waals surface area contributed by atoms with Crippen LogP contribution in [0, 0.1) is 0 Å². The molecule has 8 heteroatoms. The fraction of sp³-hybridized carbons (Fsp3) is 0.185. The Balaban J connectivity index is 1.33. The van der Waals surface area contributed by atoms with Gasteiger partial charge in [-0.05, 0) is 73.2 Å². The summed E-state index contributed by atoms with van der Waals surface area (Å²) in [5.41, 5.74) is 2.82. The highest BCUT2D eigenvalue weighted by atomic mass is 19.4. The Labute approximate surface area is 358 Å². The van der Waals surface area contributed by atoms with Gasteiger partial charge in [-0.25, -0.2) is 9.97 Å². The van der Waals surface area contributed by atoms with Gasteiger partial charge in [0.1, 0.15) is 0 Å². The monoisotopic (exact) mass is 834 g/mol. The zero-order chi connectivity index (χ0) is 44.2. The van der Waals surface area contributed by atoms with Crippen LogP contribution in [0.4, 0.5) is 26.3 Å². The van der Waals surface area contributed by atoms with Crippen LogP contribution in [0.15, 0.2) is 158 Å². The first-order valence-electron chi connectivity index (χ1n) is 20.4. The Morgan fingerprint density at radius 1 is 0.355 bits per heavy atom. The van der Waals surface area contributed by atoms with E-state index in [4.69, 9.17) is 9.97 Å². The predicted octanol–water partition coefficient (Wildman–Crippen LogP) is 16.3. The summed E-state index contributed by atoms with van der Waals surface area (Å²) >= 11 is 0. The van der Waals surface area contributed by atoms with Crippen LogP contribution in [0.3, 0.4) is 0 Å². The Hall–Kier alpha value is -6.54. The van der Waals surface area contributed by atoms with Gasteiger partial charge in [0.2, 0.25) is 0 Å². The Morgan fingerprint density at radius 2 is 0.774 bits per heavy atom. The van der Waals surface area contributed by atoms with Crippen LogP contribution >= 0.6 is 0 Å². The van der Waals surface area contributed by atoms with Crippen molar-refractivity contribution in [1.29, 1.82) is 0 Å². The summed E-state index contributed by atoms with van der Waals surface area (Å²) in [7, 11) is 0. The molecule has 0 amide bonds. The minimum absolute atomic E-state index is 0.000827. The van der Waals surface area contributed by atoms with Crippen molar-refractivity contribution in [3.63, 3.8) is 0 Å². The van der Waals surface area contributed by atoms with Crippen molar-refractivity contribution in [2.75, 3.05) is 0 Å². The molecule has 8 aromatic rings. The molecule has 0 saturated carbocycles. The lowest BCUT2D eigenvalue weighted by molar-refractivity contribution is -0.137. The zero-order valence-electron chi connectivity index (χ0n) is 35.2. The summed E-state index contributed by atoms with van der Waals surface area (Å²) < 4.78 is 91.4. The van der Waals surface area contributed by atoms with Gasteiger partial charge in [-0.3, -0.25) is 0 Å². The normalized spacial score (nSPS) is 12.5. The van der Waals surface area contributed by atoms with Crippen LogP contribution in [-0.4, -0.2) is 9.97 Å². The number of pyridine rings is 2. The lowest BCUT2D eigenvalue weighted by atomic mass is 9.85. The Bertz CT molecular complexity index is 2900. The first-order chi connectivity index (χ1) is 29.3. The molecule has 0 spiro atoms. The molecule has 0 fully saturated rings. The standard InChI is InChI=1S/C54H44F6N2/c1-51(2,3)39-25-20-33(21-26-39)43-31-45(61-49(47(43)53(55,56)57)35-14-9-7-10-15-35)38-24-29-41-37(30-38)18-13-19-42(41)46-32-44(34-22-27-40(28-23-34)52(4,5)6)48(54(58,59)60)50(62-46)36-16-11-8-12-17-36/h7-32H,1-6H3. The van der Waals surface area contributed by atoms with Gasteiger partial charge in [0, 0.05) is 22.3 Å². The maximum Gasteiger partial charge on any atom is 0.419 e. The molecule has 2 heterocycles. The van der Waals surface area contributed by atoms with Gasteiger partial charge >= 0.3 is 12.4 Å². The van der Waals surface area contributed by atoms with E-state index in [9.17, 15) is 0 Å². The number of fused-ring (bicyclic) bond motifs is 1. The average Bonchev–Trinajstić information content (AvgIpc) is 3.24. The summed E-state index contributed by atoms with van der Waals surface area (Å²) in [6.07, 6.45) is -9.46. The molecule has 2 aromatic heterocycles. The van der Waals surface area contributed by atoms with Gasteiger partial charge in [0.15, 0.2) is 0 Å². The fourth-order valence-corrected chi connectivity index (χ4v) is 7.98. The Kier molecular flexibility index (Phi) is 10.7. The smallest absolute Gasteiger partial charge is 0.247 e. The highest BCUT2D eigenvalue weighted by Gasteiger charge is 2.40. The maximum absolute atomic E-state index is 15.3. The van der Waals surface area contributed by atoms with E-state index >= 15 is 26.3 Å². The summed E-state index contributed by atoms with van der Waals surface area (Å²) in [5.74, 6) is 0.